The molecule has 2 N–H and O–H groups in total. The molecule has 2 rings (SSSR count). The third-order valence-corrected chi connectivity index (χ3v) is 3.12. The summed E-state index contributed by atoms with van der Waals surface area (Å²) in [7, 11) is 0. The van der Waals surface area contributed by atoms with Crippen LogP contribution in [-0.4, -0.2) is 4.98 Å². The molecule has 3 nitrogen and oxygen atoms in total. The van der Waals surface area contributed by atoms with Crippen LogP contribution in [0.25, 0.3) is 0 Å². The maximum Gasteiger partial charge on any atom is 0.165 e. The zero-order valence-corrected chi connectivity index (χ0v) is 12.0. The number of nitrogens with two attached hydrogens (primary N) is 1. The minimum absolute atomic E-state index is 0.198. The summed E-state index contributed by atoms with van der Waals surface area (Å²) < 4.78 is 20.1. The number of benzene rings is 1. The number of aromatic nitrogens is 1. The summed E-state index contributed by atoms with van der Waals surface area (Å²) in [5.74, 6) is -0.207. The summed E-state index contributed by atoms with van der Waals surface area (Å²) in [6.45, 7) is 2.03. The van der Waals surface area contributed by atoms with E-state index in [1.165, 1.54) is 6.07 Å². The number of hydrogen-bond acceptors (Lipinski definition) is 3. The van der Waals surface area contributed by atoms with Crippen molar-refractivity contribution < 1.29 is 9.13 Å². The van der Waals surface area contributed by atoms with Crippen molar-refractivity contribution in [1.29, 1.82) is 0 Å². The lowest BCUT2D eigenvalue weighted by Crippen LogP contribution is -2.06. The molecule has 0 spiro atoms. The van der Waals surface area contributed by atoms with Crippen LogP contribution in [0.1, 0.15) is 24.2 Å². The van der Waals surface area contributed by atoms with Gasteiger partial charge in [0, 0.05) is 16.7 Å². The van der Waals surface area contributed by atoms with E-state index < -0.39 is 5.82 Å². The number of nitrogens with zero attached hydrogens (tertiary/aromatic N) is 1. The standard InChI is InChI=1S/C14H14BrFN2O/c1-9(17)10-2-5-14(13(16)6-10)19-8-12-4-3-11(15)7-18-12/h2-7,9H,8,17H2,1H3. The minimum atomic E-state index is -0.410. The number of pyridine rings is 1. The molecule has 1 unspecified atom stereocenters. The van der Waals surface area contributed by atoms with Gasteiger partial charge in [-0.25, -0.2) is 4.39 Å². The van der Waals surface area contributed by atoms with Gasteiger partial charge in [-0.3, -0.25) is 4.98 Å². The summed E-state index contributed by atoms with van der Waals surface area (Å²) in [5, 5.41) is 0. The average molecular weight is 325 g/mol. The van der Waals surface area contributed by atoms with Crippen LogP contribution in [0.2, 0.25) is 0 Å². The van der Waals surface area contributed by atoms with E-state index in [2.05, 4.69) is 20.9 Å². The molecule has 0 aliphatic carbocycles. The molecule has 0 saturated carbocycles. The van der Waals surface area contributed by atoms with Crippen molar-refractivity contribution in [3.63, 3.8) is 0 Å². The van der Waals surface area contributed by atoms with Crippen LogP contribution < -0.4 is 10.5 Å². The highest BCUT2D eigenvalue weighted by molar-refractivity contribution is 9.10. The minimum Gasteiger partial charge on any atom is -0.484 e. The maximum absolute atomic E-state index is 13.8. The van der Waals surface area contributed by atoms with Crippen LogP contribution in [0.15, 0.2) is 41.0 Å². The molecular weight excluding hydrogens is 311 g/mol. The smallest absolute Gasteiger partial charge is 0.165 e. The quantitative estimate of drug-likeness (QED) is 0.935. The van der Waals surface area contributed by atoms with E-state index in [9.17, 15) is 4.39 Å². The van der Waals surface area contributed by atoms with Crippen LogP contribution in [0.5, 0.6) is 5.75 Å². The Kier molecular flexibility index (Phi) is 4.50. The van der Waals surface area contributed by atoms with E-state index in [-0.39, 0.29) is 18.4 Å². The molecule has 1 heterocycles. The van der Waals surface area contributed by atoms with E-state index in [4.69, 9.17) is 10.5 Å². The molecule has 19 heavy (non-hydrogen) atoms. The summed E-state index contributed by atoms with van der Waals surface area (Å²) in [4.78, 5) is 4.15. The van der Waals surface area contributed by atoms with Crippen LogP contribution in [0.3, 0.4) is 0 Å². The summed E-state index contributed by atoms with van der Waals surface area (Å²) in [6, 6.07) is 8.23. The van der Waals surface area contributed by atoms with E-state index in [1.807, 2.05) is 12.1 Å². The molecule has 1 aromatic heterocycles. The molecular formula is C14H14BrFN2O. The molecule has 0 saturated heterocycles. The van der Waals surface area contributed by atoms with Gasteiger partial charge in [0.15, 0.2) is 11.6 Å². The largest absolute Gasteiger partial charge is 0.484 e. The molecule has 0 fully saturated rings. The highest BCUT2D eigenvalue weighted by Crippen LogP contribution is 2.22. The first-order valence-electron chi connectivity index (χ1n) is 5.84. The second kappa shape index (κ2) is 6.12. The summed E-state index contributed by atoms with van der Waals surface area (Å²) >= 11 is 3.30. The van der Waals surface area contributed by atoms with Gasteiger partial charge < -0.3 is 10.5 Å². The third-order valence-electron chi connectivity index (χ3n) is 2.65. The molecule has 0 aliphatic rings. The fourth-order valence-electron chi connectivity index (χ4n) is 1.56. The maximum atomic E-state index is 13.8. The Hall–Kier alpha value is -1.46. The van der Waals surface area contributed by atoms with Crippen LogP contribution in [0, 0.1) is 5.82 Å². The first kappa shape index (κ1) is 14.0. The Morgan fingerprint density at radius 1 is 1.37 bits per heavy atom. The highest BCUT2D eigenvalue weighted by atomic mass is 79.9. The lowest BCUT2D eigenvalue weighted by Gasteiger charge is -2.10. The number of rotatable bonds is 4. The first-order chi connectivity index (χ1) is 9.06. The van der Waals surface area contributed by atoms with E-state index >= 15 is 0 Å². The van der Waals surface area contributed by atoms with Gasteiger partial charge >= 0.3 is 0 Å². The monoisotopic (exact) mass is 324 g/mol. The molecule has 0 radical (unpaired) electrons. The van der Waals surface area contributed by atoms with Crippen molar-refractivity contribution in [2.24, 2.45) is 5.73 Å². The summed E-state index contributed by atoms with van der Waals surface area (Å²) in [5.41, 5.74) is 7.17. The fraction of sp³-hybridized carbons (Fsp3) is 0.214. The summed E-state index contributed by atoms with van der Waals surface area (Å²) in [6.07, 6.45) is 1.67. The molecule has 0 aliphatic heterocycles. The van der Waals surface area contributed by atoms with Crippen molar-refractivity contribution in [2.45, 2.75) is 19.6 Å². The van der Waals surface area contributed by atoms with Crippen LogP contribution >= 0.6 is 15.9 Å². The molecule has 2 aromatic rings. The normalized spacial score (nSPS) is 12.2. The Labute approximate surface area is 119 Å². The zero-order chi connectivity index (χ0) is 13.8. The lowest BCUT2D eigenvalue weighted by molar-refractivity contribution is 0.285. The molecule has 1 aromatic carbocycles. The van der Waals surface area contributed by atoms with Crippen molar-refractivity contribution in [3.05, 3.63) is 58.1 Å². The van der Waals surface area contributed by atoms with Gasteiger partial charge in [0.2, 0.25) is 0 Å². The second-order valence-electron chi connectivity index (χ2n) is 4.23. The molecule has 5 heteroatoms. The number of halogens is 2. The van der Waals surface area contributed by atoms with Gasteiger partial charge in [0.1, 0.15) is 6.61 Å². The fourth-order valence-corrected chi connectivity index (χ4v) is 1.80. The van der Waals surface area contributed by atoms with Crippen molar-refractivity contribution >= 4 is 15.9 Å². The van der Waals surface area contributed by atoms with Gasteiger partial charge in [0.05, 0.1) is 5.69 Å². The van der Waals surface area contributed by atoms with Crippen molar-refractivity contribution in [3.8, 4) is 5.75 Å². The number of ether oxygens (including phenoxy) is 1. The Bertz CT molecular complexity index is 558. The van der Waals surface area contributed by atoms with Gasteiger partial charge in [-0.1, -0.05) is 6.07 Å². The van der Waals surface area contributed by atoms with Crippen molar-refractivity contribution in [1.82, 2.24) is 4.98 Å². The molecule has 0 amide bonds. The van der Waals surface area contributed by atoms with E-state index in [0.717, 1.165) is 15.7 Å². The molecule has 0 bridgehead atoms. The van der Waals surface area contributed by atoms with E-state index in [0.29, 0.717) is 0 Å². The van der Waals surface area contributed by atoms with E-state index in [1.54, 1.807) is 25.3 Å². The SMILES string of the molecule is CC(N)c1ccc(OCc2ccc(Br)cn2)c(F)c1. The van der Waals surface area contributed by atoms with Gasteiger partial charge in [-0.2, -0.15) is 0 Å². The highest BCUT2D eigenvalue weighted by Gasteiger charge is 2.07. The predicted octanol–water partition coefficient (Wildman–Crippen LogP) is 3.58. The van der Waals surface area contributed by atoms with Crippen LogP contribution in [0.4, 0.5) is 4.39 Å². The van der Waals surface area contributed by atoms with Crippen molar-refractivity contribution in [2.75, 3.05) is 0 Å². The second-order valence-corrected chi connectivity index (χ2v) is 5.15. The first-order valence-corrected chi connectivity index (χ1v) is 6.64. The molecule has 1 atom stereocenters. The third kappa shape index (κ3) is 3.75. The Morgan fingerprint density at radius 2 is 2.16 bits per heavy atom. The lowest BCUT2D eigenvalue weighted by atomic mass is 10.1. The Balaban J connectivity index is 2.05. The number of hydrogen-bond donors (Lipinski definition) is 1. The van der Waals surface area contributed by atoms with Crippen LogP contribution in [-0.2, 0) is 6.61 Å². The van der Waals surface area contributed by atoms with Gasteiger partial charge in [-0.05, 0) is 52.7 Å². The topological polar surface area (TPSA) is 48.1 Å². The molecule has 100 valence electrons. The predicted molar refractivity (Wildman–Crippen MR) is 75.3 cm³/mol. The van der Waals surface area contributed by atoms with Gasteiger partial charge in [-0.15, -0.1) is 0 Å². The zero-order valence-electron chi connectivity index (χ0n) is 10.4. The Morgan fingerprint density at radius 3 is 2.74 bits per heavy atom. The van der Waals surface area contributed by atoms with Gasteiger partial charge in [0.25, 0.3) is 0 Å². The average Bonchev–Trinajstić information content (AvgIpc) is 2.39.